The van der Waals surface area contributed by atoms with Crippen molar-refractivity contribution in [3.8, 4) is 0 Å². The van der Waals surface area contributed by atoms with Crippen molar-refractivity contribution in [2.24, 2.45) is 0 Å². The second kappa shape index (κ2) is 10.0. The number of carbonyl (C=O) groups excluding carboxylic acids is 2. The molecule has 1 fully saturated rings. The molecular formula is C25H29FN4O3. The molecule has 2 aromatic rings. The normalized spacial score (nSPS) is 19.2. The Bertz CT molecular complexity index is 1050. The van der Waals surface area contributed by atoms with E-state index < -0.39 is 12.0 Å². The molecule has 0 bridgehead atoms. The minimum Gasteiger partial charge on any atom is -0.463 e. The molecule has 0 saturated carbocycles. The van der Waals surface area contributed by atoms with Gasteiger partial charge in [0.05, 0.1) is 23.9 Å². The highest BCUT2D eigenvalue weighted by atomic mass is 19.1. The predicted octanol–water partition coefficient (Wildman–Crippen LogP) is 3.13. The number of nitrogens with zero attached hydrogens (tertiary/aromatic N) is 2. The van der Waals surface area contributed by atoms with E-state index in [0.717, 1.165) is 11.1 Å². The largest absolute Gasteiger partial charge is 0.463 e. The lowest BCUT2D eigenvalue weighted by molar-refractivity contribution is -0.139. The molecule has 0 unspecified atom stereocenters. The van der Waals surface area contributed by atoms with E-state index in [2.05, 4.69) is 15.5 Å². The molecule has 0 spiro atoms. The van der Waals surface area contributed by atoms with Gasteiger partial charge in [0.1, 0.15) is 5.82 Å². The number of hydrogen-bond acceptors (Lipinski definition) is 5. The molecule has 8 heteroatoms. The van der Waals surface area contributed by atoms with Crippen LogP contribution in [0.5, 0.6) is 0 Å². The van der Waals surface area contributed by atoms with Gasteiger partial charge in [-0.2, -0.15) is 0 Å². The maximum Gasteiger partial charge on any atom is 0.338 e. The average Bonchev–Trinajstić information content (AvgIpc) is 2.80. The highest BCUT2D eigenvalue weighted by Crippen LogP contribution is 2.29. The highest BCUT2D eigenvalue weighted by Gasteiger charge is 2.34. The molecule has 2 aliphatic heterocycles. The van der Waals surface area contributed by atoms with E-state index in [0.29, 0.717) is 49.7 Å². The maximum absolute atomic E-state index is 14.2. The number of carbonyl (C=O) groups is 2. The first-order valence-electron chi connectivity index (χ1n) is 11.2. The fraction of sp³-hybridized carbons (Fsp3) is 0.360. The first-order valence-corrected chi connectivity index (χ1v) is 11.2. The minimum atomic E-state index is -0.590. The quantitative estimate of drug-likeness (QED) is 0.659. The summed E-state index contributed by atoms with van der Waals surface area (Å²) in [4.78, 5) is 29.6. The Labute approximate surface area is 193 Å². The van der Waals surface area contributed by atoms with Gasteiger partial charge in [-0.05, 0) is 31.5 Å². The lowest BCUT2D eigenvalue weighted by Gasteiger charge is -2.38. The van der Waals surface area contributed by atoms with Crippen LogP contribution in [-0.2, 0) is 9.53 Å². The van der Waals surface area contributed by atoms with Gasteiger partial charge in [-0.15, -0.1) is 0 Å². The molecule has 7 nitrogen and oxygen atoms in total. The van der Waals surface area contributed by atoms with Crippen LogP contribution in [0, 0.1) is 12.7 Å². The fourth-order valence-electron chi connectivity index (χ4n) is 4.28. The van der Waals surface area contributed by atoms with Gasteiger partial charge in [0.15, 0.2) is 0 Å². The van der Waals surface area contributed by atoms with Crippen LogP contribution in [0.15, 0.2) is 59.8 Å². The first-order chi connectivity index (χ1) is 16.0. The molecule has 2 N–H and O–H groups in total. The van der Waals surface area contributed by atoms with Gasteiger partial charge in [0.25, 0.3) is 0 Å². The zero-order valence-electron chi connectivity index (χ0n) is 18.9. The first kappa shape index (κ1) is 22.8. The summed E-state index contributed by atoms with van der Waals surface area (Å²) in [6, 6.07) is 13.5. The second-order valence-corrected chi connectivity index (χ2v) is 8.27. The zero-order chi connectivity index (χ0) is 23.4. The number of amides is 2. The summed E-state index contributed by atoms with van der Waals surface area (Å²) in [5, 5.41) is 5.70. The van der Waals surface area contributed by atoms with Gasteiger partial charge < -0.3 is 20.3 Å². The molecule has 0 aliphatic carbocycles. The van der Waals surface area contributed by atoms with Crippen LogP contribution < -0.4 is 15.5 Å². The number of piperazine rings is 1. The maximum atomic E-state index is 14.2. The van der Waals surface area contributed by atoms with Gasteiger partial charge in [0, 0.05) is 38.4 Å². The SMILES string of the molecule is CCOC(=O)C1=C(CN2CCN(c3ccccc3F)CC2)NC(=O)N[C@H]1c1ccc(C)cc1. The third-order valence-electron chi connectivity index (χ3n) is 6.01. The summed E-state index contributed by atoms with van der Waals surface area (Å²) >= 11 is 0. The Kier molecular flexibility index (Phi) is 6.93. The fourth-order valence-corrected chi connectivity index (χ4v) is 4.28. The number of benzene rings is 2. The number of nitrogens with one attached hydrogen (secondary N) is 2. The van der Waals surface area contributed by atoms with E-state index in [9.17, 15) is 14.0 Å². The molecule has 4 rings (SSSR count). The van der Waals surface area contributed by atoms with Gasteiger partial charge >= 0.3 is 12.0 Å². The number of aryl methyl sites for hydroxylation is 1. The Morgan fingerprint density at radius 1 is 1.09 bits per heavy atom. The van der Waals surface area contributed by atoms with Gasteiger partial charge in [-0.1, -0.05) is 42.0 Å². The summed E-state index contributed by atoms with van der Waals surface area (Å²) in [7, 11) is 0. The van der Waals surface area contributed by atoms with Crippen LogP contribution in [-0.4, -0.2) is 56.2 Å². The van der Waals surface area contributed by atoms with E-state index in [1.54, 1.807) is 19.1 Å². The van der Waals surface area contributed by atoms with Crippen molar-refractivity contribution in [3.05, 3.63) is 76.7 Å². The van der Waals surface area contributed by atoms with Crippen LogP contribution in [0.25, 0.3) is 0 Å². The Morgan fingerprint density at radius 2 is 1.79 bits per heavy atom. The molecule has 2 amide bonds. The predicted molar refractivity (Wildman–Crippen MR) is 124 cm³/mol. The number of anilines is 1. The number of rotatable bonds is 6. The standard InChI is InChI=1S/C25H29FN4O3/c1-3-33-24(31)22-20(27-25(32)28-23(22)18-10-8-17(2)9-11-18)16-29-12-14-30(15-13-29)21-7-5-4-6-19(21)26/h4-11,23H,3,12-16H2,1-2H3,(H2,27,28,32)/t23-/m0/s1. The summed E-state index contributed by atoms with van der Waals surface area (Å²) < 4.78 is 19.5. The third kappa shape index (κ3) is 5.17. The Morgan fingerprint density at radius 3 is 2.45 bits per heavy atom. The molecular weight excluding hydrogens is 423 g/mol. The van der Waals surface area contributed by atoms with Gasteiger partial charge in [0.2, 0.25) is 0 Å². The zero-order valence-corrected chi connectivity index (χ0v) is 18.9. The lowest BCUT2D eigenvalue weighted by atomic mass is 9.94. The summed E-state index contributed by atoms with van der Waals surface area (Å²) in [6.45, 7) is 7.03. The lowest BCUT2D eigenvalue weighted by Crippen LogP contribution is -2.52. The minimum absolute atomic E-state index is 0.232. The molecule has 2 aromatic carbocycles. The average molecular weight is 453 g/mol. The molecule has 0 aromatic heterocycles. The van der Waals surface area contributed by atoms with Crippen LogP contribution in [0.2, 0.25) is 0 Å². The number of para-hydroxylation sites is 1. The number of ether oxygens (including phenoxy) is 1. The molecule has 33 heavy (non-hydrogen) atoms. The van der Waals surface area contributed by atoms with Gasteiger partial charge in [-0.3, -0.25) is 4.90 Å². The molecule has 174 valence electrons. The molecule has 2 heterocycles. The van der Waals surface area contributed by atoms with Crippen molar-refractivity contribution in [1.82, 2.24) is 15.5 Å². The Balaban J connectivity index is 1.56. The van der Waals surface area contributed by atoms with Crippen LogP contribution in [0.4, 0.5) is 14.9 Å². The van der Waals surface area contributed by atoms with E-state index >= 15 is 0 Å². The topological polar surface area (TPSA) is 73.9 Å². The van der Waals surface area contributed by atoms with Crippen molar-refractivity contribution in [2.45, 2.75) is 19.9 Å². The van der Waals surface area contributed by atoms with Crippen LogP contribution in [0.1, 0.15) is 24.1 Å². The van der Waals surface area contributed by atoms with Crippen LogP contribution in [0.3, 0.4) is 0 Å². The van der Waals surface area contributed by atoms with E-state index in [-0.39, 0.29) is 18.5 Å². The monoisotopic (exact) mass is 452 g/mol. The molecule has 0 radical (unpaired) electrons. The molecule has 1 atom stereocenters. The van der Waals surface area contributed by atoms with Crippen molar-refractivity contribution in [2.75, 3.05) is 44.2 Å². The van der Waals surface area contributed by atoms with Crippen molar-refractivity contribution >= 4 is 17.7 Å². The Hall–Kier alpha value is -3.39. The van der Waals surface area contributed by atoms with Crippen molar-refractivity contribution < 1.29 is 18.7 Å². The van der Waals surface area contributed by atoms with Crippen LogP contribution >= 0.6 is 0 Å². The summed E-state index contributed by atoms with van der Waals surface area (Å²) in [5.74, 6) is -0.680. The van der Waals surface area contributed by atoms with E-state index in [4.69, 9.17) is 4.74 Å². The molecule has 2 aliphatic rings. The number of urea groups is 1. The summed E-state index contributed by atoms with van der Waals surface area (Å²) in [6.07, 6.45) is 0. The third-order valence-corrected chi connectivity index (χ3v) is 6.01. The highest BCUT2D eigenvalue weighted by molar-refractivity contribution is 5.95. The second-order valence-electron chi connectivity index (χ2n) is 8.27. The van der Waals surface area contributed by atoms with Gasteiger partial charge in [-0.25, -0.2) is 14.0 Å². The smallest absolute Gasteiger partial charge is 0.338 e. The van der Waals surface area contributed by atoms with Crippen molar-refractivity contribution in [3.63, 3.8) is 0 Å². The number of hydrogen-bond donors (Lipinski definition) is 2. The van der Waals surface area contributed by atoms with E-state index in [1.807, 2.05) is 42.2 Å². The van der Waals surface area contributed by atoms with E-state index in [1.165, 1.54) is 6.07 Å². The number of halogens is 1. The molecule has 1 saturated heterocycles. The number of esters is 1. The van der Waals surface area contributed by atoms with Crippen molar-refractivity contribution in [1.29, 1.82) is 0 Å². The summed E-state index contributed by atoms with van der Waals surface area (Å²) in [5.41, 5.74) is 3.46.